The van der Waals surface area contributed by atoms with Gasteiger partial charge in [-0.25, -0.2) is 0 Å². The van der Waals surface area contributed by atoms with E-state index in [0.29, 0.717) is 25.7 Å². The molecule has 0 aliphatic carbocycles. The number of Topliss-reactive ketones (excluding diaryl/α,β-unsaturated/α-hetero) is 1. The van der Waals surface area contributed by atoms with Gasteiger partial charge in [-0.05, 0) is 62.0 Å². The van der Waals surface area contributed by atoms with Crippen LogP contribution in [0.25, 0.3) is 0 Å². The smallest absolute Gasteiger partial charge is 0.172 e. The number of carbonyl (C=O) groups excluding carboxylic acids is 1. The lowest BCUT2D eigenvalue weighted by molar-refractivity contribution is -0.292. The standard InChI is InChI=1S/C40H59NO11/c1-19-11-24-5-7-28-20(2)12-26(45-28)9-10-40-17-33-36(51-40)37-38(50-33)39(52-40)35-29(49-37)8-6-25(47-35)13-22(42)14-27-31(16-30(46-24)21(19)3)48-32(34(27)44-4)15-23(43)18-41/h19,23-39,43H,2-3,5-18,41H2,1,4H3/t19-,23+,24+,25?,26+,27+,28?,29+,30?,31?,32-,33-,34-,35+,36+,37+,38-,39+,40?/m1/s1. The van der Waals surface area contributed by atoms with Crippen molar-refractivity contribution < 1.29 is 52.5 Å². The first-order valence-corrected chi connectivity index (χ1v) is 20.2. The Morgan fingerprint density at radius 1 is 0.808 bits per heavy atom. The average molecular weight is 730 g/mol. The van der Waals surface area contributed by atoms with Gasteiger partial charge in [-0.2, -0.15) is 0 Å². The molecule has 10 fully saturated rings. The maximum absolute atomic E-state index is 14.1. The van der Waals surface area contributed by atoms with Gasteiger partial charge in [0.2, 0.25) is 0 Å². The van der Waals surface area contributed by atoms with Crippen molar-refractivity contribution in [3.05, 3.63) is 24.3 Å². The molecule has 10 aliphatic rings. The number of aliphatic hydroxyl groups is 1. The molecular formula is C40H59NO11. The molecule has 0 amide bonds. The summed E-state index contributed by atoms with van der Waals surface area (Å²) in [6, 6.07) is 0. The van der Waals surface area contributed by atoms with E-state index in [4.69, 9.17) is 48.4 Å². The van der Waals surface area contributed by atoms with Crippen molar-refractivity contribution in [1.29, 1.82) is 0 Å². The van der Waals surface area contributed by atoms with E-state index in [2.05, 4.69) is 20.1 Å². The normalized spacial score (nSPS) is 52.4. The van der Waals surface area contributed by atoms with E-state index in [1.165, 1.54) is 0 Å². The van der Waals surface area contributed by atoms with Crippen molar-refractivity contribution >= 4 is 5.78 Å². The number of rotatable bonds is 4. The number of nitrogens with two attached hydrogens (primary N) is 1. The van der Waals surface area contributed by atoms with Gasteiger partial charge < -0.3 is 53.5 Å². The van der Waals surface area contributed by atoms with Crippen LogP contribution in [0, 0.1) is 11.8 Å². The lowest BCUT2D eigenvalue weighted by Crippen LogP contribution is -2.61. The zero-order valence-electron chi connectivity index (χ0n) is 30.8. The van der Waals surface area contributed by atoms with E-state index in [-0.39, 0.29) is 122 Å². The Hall–Kier alpha value is -1.29. The van der Waals surface area contributed by atoms with E-state index in [1.54, 1.807) is 7.11 Å². The molecule has 0 saturated carbocycles. The first-order chi connectivity index (χ1) is 25.1. The van der Waals surface area contributed by atoms with Crippen LogP contribution >= 0.6 is 0 Å². The SMILES string of the molecule is C=C1C[C@@H]2CCC34C[C@H]5O[C@H]6[C@@H](O3)[C@H]3OC(CC[C@@H]3O[C@H]6[C@H]5O4)CC(=O)C[C@H]3C(CC4O[C@@H](CCC1O2)C[C@@H](C)C4=C)O[C@H](C[C@H](O)CN)[C@@H]3OC. The largest absolute Gasteiger partial charge is 0.392 e. The minimum absolute atomic E-state index is 0.0158. The fourth-order valence-corrected chi connectivity index (χ4v) is 11.3. The molecule has 10 aliphatic heterocycles. The van der Waals surface area contributed by atoms with Gasteiger partial charge in [0.15, 0.2) is 5.79 Å². The summed E-state index contributed by atoms with van der Waals surface area (Å²) >= 11 is 0. The second-order valence-electron chi connectivity index (χ2n) is 17.4. The Bertz CT molecular complexity index is 1380. The summed E-state index contributed by atoms with van der Waals surface area (Å²) in [4.78, 5) is 14.1. The van der Waals surface area contributed by atoms with Crippen molar-refractivity contribution in [1.82, 2.24) is 0 Å². The van der Waals surface area contributed by atoms with Crippen molar-refractivity contribution in [2.24, 2.45) is 17.6 Å². The number of hydrogen-bond acceptors (Lipinski definition) is 12. The van der Waals surface area contributed by atoms with Crippen LogP contribution in [0.5, 0.6) is 0 Å². The highest BCUT2D eigenvalue weighted by atomic mass is 16.8. The molecule has 1 spiro atoms. The summed E-state index contributed by atoms with van der Waals surface area (Å²) in [7, 11) is 1.66. The van der Waals surface area contributed by atoms with Crippen LogP contribution in [-0.4, -0.2) is 128 Å². The monoisotopic (exact) mass is 729 g/mol. The number of carbonyl (C=O) groups is 1. The molecule has 52 heavy (non-hydrogen) atoms. The van der Waals surface area contributed by atoms with Crippen LogP contribution in [-0.2, 0) is 47.4 Å². The number of aliphatic hydroxyl groups excluding tert-OH is 1. The van der Waals surface area contributed by atoms with Gasteiger partial charge in [0.05, 0.1) is 67.1 Å². The maximum Gasteiger partial charge on any atom is 0.172 e. The van der Waals surface area contributed by atoms with E-state index >= 15 is 0 Å². The molecule has 10 heterocycles. The Morgan fingerprint density at radius 2 is 1.56 bits per heavy atom. The molecule has 12 heteroatoms. The van der Waals surface area contributed by atoms with Gasteiger partial charge in [0.25, 0.3) is 0 Å². The van der Waals surface area contributed by atoms with Gasteiger partial charge >= 0.3 is 0 Å². The number of ether oxygens (including phenoxy) is 9. The molecule has 3 N–H and O–H groups in total. The Labute approximate surface area is 307 Å². The summed E-state index contributed by atoms with van der Waals surface area (Å²) in [6.45, 7) is 11.3. The maximum atomic E-state index is 14.1. The van der Waals surface area contributed by atoms with E-state index in [1.807, 2.05) is 0 Å². The zero-order chi connectivity index (χ0) is 35.9. The van der Waals surface area contributed by atoms with Crippen molar-refractivity contribution in [3.8, 4) is 0 Å². The predicted molar refractivity (Wildman–Crippen MR) is 186 cm³/mol. The van der Waals surface area contributed by atoms with E-state index in [0.717, 1.165) is 56.1 Å². The molecule has 0 aromatic carbocycles. The molecule has 12 nitrogen and oxygen atoms in total. The van der Waals surface area contributed by atoms with Crippen molar-refractivity contribution in [2.75, 3.05) is 13.7 Å². The fraction of sp³-hybridized carbons (Fsp3) is 0.875. The molecule has 5 unspecified atom stereocenters. The second-order valence-corrected chi connectivity index (χ2v) is 17.4. The third-order valence-electron chi connectivity index (χ3n) is 14.0. The minimum atomic E-state index is -0.780. The molecule has 0 aromatic rings. The number of fused-ring (bicyclic) bond motifs is 6. The highest BCUT2D eigenvalue weighted by Crippen LogP contribution is 2.54. The fourth-order valence-electron chi connectivity index (χ4n) is 11.3. The molecule has 10 rings (SSSR count). The number of ketones is 1. The topological polar surface area (TPSA) is 146 Å². The minimum Gasteiger partial charge on any atom is -0.392 e. The summed E-state index contributed by atoms with van der Waals surface area (Å²) in [5.74, 6) is -0.619. The van der Waals surface area contributed by atoms with Gasteiger partial charge in [0, 0.05) is 58.1 Å². The van der Waals surface area contributed by atoms with Crippen molar-refractivity contribution in [2.45, 2.75) is 194 Å². The quantitative estimate of drug-likeness (QED) is 0.409. The summed E-state index contributed by atoms with van der Waals surface area (Å²) in [5, 5.41) is 10.5. The van der Waals surface area contributed by atoms with Crippen LogP contribution in [0.2, 0.25) is 0 Å². The van der Waals surface area contributed by atoms with Gasteiger partial charge in [-0.15, -0.1) is 0 Å². The van der Waals surface area contributed by atoms with E-state index in [9.17, 15) is 9.90 Å². The van der Waals surface area contributed by atoms with Crippen LogP contribution in [0.1, 0.15) is 90.4 Å². The highest BCUT2D eigenvalue weighted by Gasteiger charge is 2.68. The van der Waals surface area contributed by atoms with Crippen LogP contribution in [0.15, 0.2) is 24.3 Å². The Kier molecular flexibility index (Phi) is 10.0. The van der Waals surface area contributed by atoms with Gasteiger partial charge in [-0.3, -0.25) is 4.79 Å². The highest BCUT2D eigenvalue weighted by molar-refractivity contribution is 5.79. The molecule has 290 valence electrons. The lowest BCUT2D eigenvalue weighted by atomic mass is 9.81. The van der Waals surface area contributed by atoms with Crippen LogP contribution in [0.4, 0.5) is 0 Å². The first-order valence-electron chi connectivity index (χ1n) is 20.2. The zero-order valence-corrected chi connectivity index (χ0v) is 30.8. The summed E-state index contributed by atoms with van der Waals surface area (Å²) in [6.07, 6.45) is 4.85. The number of methoxy groups -OCH3 is 1. The lowest BCUT2D eigenvalue weighted by Gasteiger charge is -2.47. The average Bonchev–Trinajstić information content (AvgIpc) is 3.79. The van der Waals surface area contributed by atoms with Crippen LogP contribution < -0.4 is 5.73 Å². The second kappa shape index (κ2) is 14.3. The molecular weight excluding hydrogens is 670 g/mol. The third-order valence-corrected chi connectivity index (χ3v) is 14.0. The number of hydrogen-bond donors (Lipinski definition) is 2. The molecule has 0 aromatic heterocycles. The first kappa shape index (κ1) is 36.4. The van der Waals surface area contributed by atoms with E-state index < -0.39 is 18.0 Å². The van der Waals surface area contributed by atoms with Gasteiger partial charge in [0.1, 0.15) is 36.3 Å². The van der Waals surface area contributed by atoms with Gasteiger partial charge in [-0.1, -0.05) is 20.1 Å². The Morgan fingerprint density at radius 3 is 2.38 bits per heavy atom. The summed E-state index contributed by atoms with van der Waals surface area (Å²) in [5.41, 5.74) is 8.01. The Balaban J connectivity index is 0.994. The molecule has 10 saturated heterocycles. The molecule has 19 atom stereocenters. The third kappa shape index (κ3) is 6.59. The molecule has 12 bridgehead atoms. The molecule has 0 radical (unpaired) electrons. The van der Waals surface area contributed by atoms with Crippen molar-refractivity contribution in [3.63, 3.8) is 0 Å². The van der Waals surface area contributed by atoms with Crippen LogP contribution in [0.3, 0.4) is 0 Å². The summed E-state index contributed by atoms with van der Waals surface area (Å²) < 4.78 is 60.0. The predicted octanol–water partition coefficient (Wildman–Crippen LogP) is 3.44.